The lowest BCUT2D eigenvalue weighted by atomic mass is 9.94. The summed E-state index contributed by atoms with van der Waals surface area (Å²) in [4.78, 5) is 19.5. The highest BCUT2D eigenvalue weighted by atomic mass is 16.5. The van der Waals surface area contributed by atoms with Crippen LogP contribution in [0.1, 0.15) is 24.6 Å². The molecule has 1 saturated heterocycles. The molecule has 2 aliphatic rings. The first-order valence-electron chi connectivity index (χ1n) is 10.7. The minimum absolute atomic E-state index is 0.172. The number of nitrogens with two attached hydrogens (primary N) is 1. The van der Waals surface area contributed by atoms with Crippen molar-refractivity contribution in [1.82, 2.24) is 19.9 Å². The van der Waals surface area contributed by atoms with Gasteiger partial charge in [-0.1, -0.05) is 5.92 Å². The van der Waals surface area contributed by atoms with E-state index in [1.165, 1.54) is 0 Å². The molecular formula is C23H26N6O3. The Bertz CT molecular complexity index is 1200. The molecule has 2 aliphatic heterocycles. The van der Waals surface area contributed by atoms with Crippen molar-refractivity contribution in [2.24, 2.45) is 0 Å². The molecule has 0 aliphatic carbocycles. The highest BCUT2D eigenvalue weighted by Crippen LogP contribution is 2.43. The number of aromatic amines is 1. The molecule has 1 fully saturated rings. The predicted molar refractivity (Wildman–Crippen MR) is 121 cm³/mol. The molecule has 0 unspecified atom stereocenters. The summed E-state index contributed by atoms with van der Waals surface area (Å²) >= 11 is 0. The quantitative estimate of drug-likeness (QED) is 0.588. The fourth-order valence-corrected chi connectivity index (χ4v) is 4.40. The van der Waals surface area contributed by atoms with E-state index in [0.717, 1.165) is 40.2 Å². The van der Waals surface area contributed by atoms with E-state index in [2.05, 4.69) is 27.7 Å². The first-order valence-corrected chi connectivity index (χ1v) is 10.7. The van der Waals surface area contributed by atoms with Gasteiger partial charge in [0.15, 0.2) is 17.4 Å². The number of nitrogens with zero attached hydrogens (tertiary/aromatic N) is 4. The van der Waals surface area contributed by atoms with Gasteiger partial charge in [0.1, 0.15) is 5.82 Å². The summed E-state index contributed by atoms with van der Waals surface area (Å²) in [5.74, 6) is 4.65. The van der Waals surface area contributed by atoms with Crippen LogP contribution < -0.4 is 10.6 Å². The van der Waals surface area contributed by atoms with Crippen LogP contribution in [0.25, 0.3) is 22.4 Å². The molecule has 32 heavy (non-hydrogen) atoms. The molecule has 3 aromatic rings. The number of rotatable bonds is 5. The SMILES string of the molecule is C#C[C@]1(CCOC)OCc2c(N3CCOC[C@@H]3C)nc(-c3ccc4nc(N)[nH]c4c3)nc21. The van der Waals surface area contributed by atoms with E-state index < -0.39 is 5.60 Å². The molecule has 0 spiro atoms. The van der Waals surface area contributed by atoms with Gasteiger partial charge in [0.2, 0.25) is 0 Å². The van der Waals surface area contributed by atoms with Crippen molar-refractivity contribution >= 4 is 22.8 Å². The van der Waals surface area contributed by atoms with E-state index >= 15 is 0 Å². The molecule has 0 bridgehead atoms. The Hall–Kier alpha value is -3.19. The topological polar surface area (TPSA) is 111 Å². The average molecular weight is 435 g/mol. The Labute approximate surface area is 186 Å². The lowest BCUT2D eigenvalue weighted by molar-refractivity contribution is -0.0148. The highest BCUT2D eigenvalue weighted by Gasteiger charge is 2.43. The Morgan fingerprint density at radius 1 is 1.38 bits per heavy atom. The lowest BCUT2D eigenvalue weighted by Crippen LogP contribution is -2.44. The molecular weight excluding hydrogens is 408 g/mol. The maximum atomic E-state index is 6.18. The Kier molecular flexibility index (Phi) is 5.21. The molecule has 4 heterocycles. The molecule has 2 aromatic heterocycles. The summed E-state index contributed by atoms with van der Waals surface area (Å²) in [5.41, 5.74) is 9.00. The minimum Gasteiger partial charge on any atom is -0.385 e. The summed E-state index contributed by atoms with van der Waals surface area (Å²) in [6.45, 7) is 4.97. The van der Waals surface area contributed by atoms with Crippen molar-refractivity contribution in [3.05, 3.63) is 29.5 Å². The summed E-state index contributed by atoms with van der Waals surface area (Å²) < 4.78 is 17.1. The van der Waals surface area contributed by atoms with Gasteiger partial charge in [0, 0.05) is 31.2 Å². The number of fused-ring (bicyclic) bond motifs is 2. The minimum atomic E-state index is -0.949. The average Bonchev–Trinajstić information content (AvgIpc) is 3.37. The number of nitrogen functional groups attached to an aromatic ring is 1. The third-order valence-electron chi connectivity index (χ3n) is 6.12. The van der Waals surface area contributed by atoms with E-state index in [-0.39, 0.29) is 6.04 Å². The Balaban J connectivity index is 1.68. The van der Waals surface area contributed by atoms with Crippen molar-refractivity contribution < 1.29 is 14.2 Å². The second-order valence-electron chi connectivity index (χ2n) is 8.17. The van der Waals surface area contributed by atoms with E-state index in [0.29, 0.717) is 44.6 Å². The van der Waals surface area contributed by atoms with Crippen LogP contribution in [0.15, 0.2) is 18.2 Å². The van der Waals surface area contributed by atoms with E-state index in [9.17, 15) is 0 Å². The maximum Gasteiger partial charge on any atom is 0.198 e. The number of ether oxygens (including phenoxy) is 3. The summed E-state index contributed by atoms with van der Waals surface area (Å²) in [5, 5.41) is 0. The number of H-pyrrole nitrogens is 1. The summed E-state index contributed by atoms with van der Waals surface area (Å²) in [6.07, 6.45) is 6.51. The van der Waals surface area contributed by atoms with E-state index in [4.69, 9.17) is 36.3 Å². The third kappa shape index (κ3) is 3.37. The number of methoxy groups -OCH3 is 1. The van der Waals surface area contributed by atoms with Crippen LogP contribution >= 0.6 is 0 Å². The molecule has 2 atom stereocenters. The zero-order chi connectivity index (χ0) is 22.3. The molecule has 0 radical (unpaired) electrons. The lowest BCUT2D eigenvalue weighted by Gasteiger charge is -2.35. The number of hydrogen-bond acceptors (Lipinski definition) is 8. The third-order valence-corrected chi connectivity index (χ3v) is 6.12. The predicted octanol–water partition coefficient (Wildman–Crippen LogP) is 2.22. The summed E-state index contributed by atoms with van der Waals surface area (Å²) in [7, 11) is 1.65. The van der Waals surface area contributed by atoms with Gasteiger partial charge in [-0.25, -0.2) is 15.0 Å². The van der Waals surface area contributed by atoms with Crippen molar-refractivity contribution in [2.75, 3.05) is 44.1 Å². The zero-order valence-electron chi connectivity index (χ0n) is 18.2. The van der Waals surface area contributed by atoms with Crippen molar-refractivity contribution in [2.45, 2.75) is 31.6 Å². The molecule has 1 aromatic carbocycles. The number of morpholine rings is 1. The molecule has 9 nitrogen and oxygen atoms in total. The van der Waals surface area contributed by atoms with Crippen LogP contribution in [0.2, 0.25) is 0 Å². The van der Waals surface area contributed by atoms with Crippen LogP contribution in [0.5, 0.6) is 0 Å². The van der Waals surface area contributed by atoms with Crippen LogP contribution in [-0.2, 0) is 26.4 Å². The van der Waals surface area contributed by atoms with Gasteiger partial charge in [-0.05, 0) is 25.1 Å². The van der Waals surface area contributed by atoms with Gasteiger partial charge in [0.05, 0.1) is 49.2 Å². The highest BCUT2D eigenvalue weighted by molar-refractivity contribution is 5.82. The molecule has 166 valence electrons. The number of aromatic nitrogens is 4. The molecule has 5 rings (SSSR count). The second kappa shape index (κ2) is 8.06. The second-order valence-corrected chi connectivity index (χ2v) is 8.17. The number of anilines is 2. The van der Waals surface area contributed by atoms with Crippen molar-refractivity contribution in [3.63, 3.8) is 0 Å². The van der Waals surface area contributed by atoms with Crippen LogP contribution in [0.3, 0.4) is 0 Å². The first-order chi connectivity index (χ1) is 15.5. The van der Waals surface area contributed by atoms with Crippen LogP contribution in [-0.4, -0.2) is 59.5 Å². The number of nitrogens with one attached hydrogen (secondary N) is 1. The fraction of sp³-hybridized carbons (Fsp3) is 0.435. The smallest absolute Gasteiger partial charge is 0.198 e. The van der Waals surface area contributed by atoms with Gasteiger partial charge in [-0.2, -0.15) is 0 Å². The van der Waals surface area contributed by atoms with Gasteiger partial charge in [-0.3, -0.25) is 0 Å². The summed E-state index contributed by atoms with van der Waals surface area (Å²) in [6, 6.07) is 5.97. The van der Waals surface area contributed by atoms with Gasteiger partial charge >= 0.3 is 0 Å². The monoisotopic (exact) mass is 434 g/mol. The Morgan fingerprint density at radius 3 is 3.03 bits per heavy atom. The zero-order valence-corrected chi connectivity index (χ0v) is 18.2. The fourth-order valence-electron chi connectivity index (χ4n) is 4.40. The molecule has 0 amide bonds. The Morgan fingerprint density at radius 2 is 2.25 bits per heavy atom. The van der Waals surface area contributed by atoms with Gasteiger partial charge in [-0.15, -0.1) is 6.42 Å². The number of hydrogen-bond donors (Lipinski definition) is 2. The normalized spacial score (nSPS) is 22.8. The van der Waals surface area contributed by atoms with Crippen LogP contribution in [0, 0.1) is 12.3 Å². The number of terminal acetylenes is 1. The van der Waals surface area contributed by atoms with Gasteiger partial charge in [0.25, 0.3) is 0 Å². The maximum absolute atomic E-state index is 6.18. The van der Waals surface area contributed by atoms with Crippen molar-refractivity contribution in [3.8, 4) is 23.7 Å². The number of imidazole rings is 1. The molecule has 9 heteroatoms. The standard InChI is InChI=1S/C23H26N6O3/c1-4-23(7-9-30-3)19-16(13-32-23)21(29-8-10-31-12-14(29)2)28-20(27-19)15-5-6-17-18(11-15)26-22(24)25-17/h1,5-6,11,14H,7-10,12-13H2,2-3H3,(H3,24,25,26)/t14-,23+/m0/s1. The van der Waals surface area contributed by atoms with E-state index in [1.807, 2.05) is 18.2 Å². The largest absolute Gasteiger partial charge is 0.385 e. The van der Waals surface area contributed by atoms with Gasteiger partial charge < -0.3 is 29.8 Å². The molecule has 0 saturated carbocycles. The number of benzene rings is 1. The van der Waals surface area contributed by atoms with E-state index in [1.54, 1.807) is 7.11 Å². The molecule has 3 N–H and O–H groups in total. The van der Waals surface area contributed by atoms with Crippen LogP contribution in [0.4, 0.5) is 11.8 Å². The van der Waals surface area contributed by atoms with Crippen molar-refractivity contribution in [1.29, 1.82) is 0 Å². The first kappa shape index (κ1) is 20.7.